The molecule has 1 unspecified atom stereocenters. The van der Waals surface area contributed by atoms with Crippen LogP contribution in [0.5, 0.6) is 0 Å². The molecule has 106 valence electrons. The minimum Gasteiger partial charge on any atom is -0.436 e. The number of esters is 1. The zero-order valence-electron chi connectivity index (χ0n) is 10.9. The highest BCUT2D eigenvalue weighted by atomic mass is 31.2. The van der Waals surface area contributed by atoms with Gasteiger partial charge in [-0.2, -0.15) is 0 Å². The van der Waals surface area contributed by atoms with Crippen molar-refractivity contribution in [1.29, 1.82) is 0 Å². The Kier molecular flexibility index (Phi) is 7.82. The van der Waals surface area contributed by atoms with Crippen LogP contribution in [0.4, 0.5) is 0 Å². The summed E-state index contributed by atoms with van der Waals surface area (Å²) in [6, 6.07) is 0. The first kappa shape index (κ1) is 17.1. The zero-order valence-corrected chi connectivity index (χ0v) is 11.8. The Morgan fingerprint density at radius 1 is 1.50 bits per heavy atom. The van der Waals surface area contributed by atoms with Gasteiger partial charge >= 0.3 is 5.97 Å². The fraction of sp³-hybridized carbons (Fsp3) is 0.800. The maximum atomic E-state index is 11.1. The van der Waals surface area contributed by atoms with E-state index in [4.69, 9.17) is 14.5 Å². The molecule has 0 bridgehead atoms. The quantitative estimate of drug-likeness (QED) is 0.221. The molecule has 8 heteroatoms. The fourth-order valence-electron chi connectivity index (χ4n) is 0.986. The van der Waals surface area contributed by atoms with Crippen LogP contribution in [0.2, 0.25) is 0 Å². The van der Waals surface area contributed by atoms with Crippen LogP contribution in [-0.2, 0) is 23.7 Å². The Balaban J connectivity index is 3.81. The first-order chi connectivity index (χ1) is 8.26. The maximum Gasteiger partial charge on any atom is 0.310 e. The van der Waals surface area contributed by atoms with E-state index in [2.05, 4.69) is 0 Å². The summed E-state index contributed by atoms with van der Waals surface area (Å²) in [6.45, 7) is 4.43. The van der Waals surface area contributed by atoms with Crippen molar-refractivity contribution in [1.82, 2.24) is 5.06 Å². The molecule has 0 aromatic carbocycles. The van der Waals surface area contributed by atoms with Crippen molar-refractivity contribution in [3.8, 4) is 0 Å². The topological polar surface area (TPSA) is 93.1 Å². The molecule has 1 atom stereocenters. The van der Waals surface area contributed by atoms with Gasteiger partial charge in [-0.3, -0.25) is 14.2 Å². The number of hydrogen-bond donors (Lipinski definition) is 1. The second-order valence-electron chi connectivity index (χ2n) is 4.24. The monoisotopic (exact) mass is 281 g/mol. The molecule has 0 radical (unpaired) electrons. The van der Waals surface area contributed by atoms with Gasteiger partial charge in [0, 0.05) is 19.4 Å². The van der Waals surface area contributed by atoms with Gasteiger partial charge in [0.05, 0.1) is 5.92 Å². The summed E-state index contributed by atoms with van der Waals surface area (Å²) in [7, 11) is -3.07. The third-order valence-corrected chi connectivity index (χ3v) is 3.11. The van der Waals surface area contributed by atoms with E-state index < -0.39 is 13.3 Å². The van der Waals surface area contributed by atoms with Crippen molar-refractivity contribution in [2.45, 2.75) is 20.3 Å². The largest absolute Gasteiger partial charge is 0.436 e. The molecule has 1 amide bonds. The molecule has 0 spiro atoms. The number of ether oxygens (including phenoxy) is 1. The lowest BCUT2D eigenvalue weighted by Gasteiger charge is -2.17. The van der Waals surface area contributed by atoms with Crippen LogP contribution in [0, 0.1) is 5.92 Å². The molecule has 0 heterocycles. The molecular weight excluding hydrogens is 261 g/mol. The van der Waals surface area contributed by atoms with Crippen LogP contribution in [0.15, 0.2) is 0 Å². The van der Waals surface area contributed by atoms with E-state index in [9.17, 15) is 14.2 Å². The van der Waals surface area contributed by atoms with Gasteiger partial charge < -0.3 is 9.63 Å². The third kappa shape index (κ3) is 9.15. The molecule has 0 saturated carbocycles. The lowest BCUT2D eigenvalue weighted by atomic mass is 10.2. The molecule has 1 N–H and O–H groups in total. The molecule has 0 aliphatic carbocycles. The highest BCUT2D eigenvalue weighted by molar-refractivity contribution is 7.57. The van der Waals surface area contributed by atoms with E-state index >= 15 is 0 Å². The molecule has 0 aliphatic heterocycles. The number of carbonyl (C=O) groups excluding carboxylic acids is 2. The van der Waals surface area contributed by atoms with Gasteiger partial charge in [0.1, 0.15) is 0 Å². The third-order valence-electron chi connectivity index (χ3n) is 1.96. The average molecular weight is 281 g/mol. The highest BCUT2D eigenvalue weighted by Crippen LogP contribution is 2.35. The number of rotatable bonds is 9. The summed E-state index contributed by atoms with van der Waals surface area (Å²) in [5.74, 6) is -0.687. The number of carbonyl (C=O) groups is 2. The normalized spacial score (nSPS) is 14.1. The first-order valence-corrected chi connectivity index (χ1v) is 7.86. The van der Waals surface area contributed by atoms with Gasteiger partial charge in [-0.25, -0.2) is 9.90 Å². The Morgan fingerprint density at radius 2 is 2.11 bits per heavy atom. The standard InChI is InChI=1S/C10H20NO6P/c1-9(2)10(13)16-8-17-11(7-12)5-4-6-18(3,14)15/h7,9H,4-6,8H2,1-3H3,(H,14,15). The predicted octanol–water partition coefficient (Wildman–Crippen LogP) is 0.823. The Labute approximate surface area is 106 Å². The molecule has 0 saturated heterocycles. The minimum atomic E-state index is -3.07. The average Bonchev–Trinajstić information content (AvgIpc) is 2.24. The van der Waals surface area contributed by atoms with E-state index in [0.29, 0.717) is 12.8 Å². The SMILES string of the molecule is CC(C)C(=O)OCON(C=O)CCCP(C)(=O)O. The van der Waals surface area contributed by atoms with E-state index in [1.165, 1.54) is 6.66 Å². The number of nitrogens with zero attached hydrogens (tertiary/aromatic N) is 1. The second kappa shape index (κ2) is 8.24. The lowest BCUT2D eigenvalue weighted by Crippen LogP contribution is -2.27. The Morgan fingerprint density at radius 3 is 2.56 bits per heavy atom. The number of amides is 1. The molecule has 0 rings (SSSR count). The highest BCUT2D eigenvalue weighted by Gasteiger charge is 2.12. The molecule has 0 fully saturated rings. The van der Waals surface area contributed by atoms with Crippen molar-refractivity contribution in [2.75, 3.05) is 26.2 Å². The van der Waals surface area contributed by atoms with Crippen molar-refractivity contribution in [3.05, 3.63) is 0 Å². The van der Waals surface area contributed by atoms with Crippen LogP contribution in [-0.4, -0.2) is 48.5 Å². The van der Waals surface area contributed by atoms with Crippen molar-refractivity contribution < 1.29 is 28.6 Å². The number of hydrogen-bond acceptors (Lipinski definition) is 5. The summed E-state index contributed by atoms with van der Waals surface area (Å²) in [4.78, 5) is 35.6. The zero-order chi connectivity index (χ0) is 14.2. The van der Waals surface area contributed by atoms with Gasteiger partial charge in [0.25, 0.3) is 0 Å². The van der Waals surface area contributed by atoms with E-state index in [1.54, 1.807) is 13.8 Å². The smallest absolute Gasteiger partial charge is 0.310 e. The van der Waals surface area contributed by atoms with Crippen LogP contribution in [0.1, 0.15) is 20.3 Å². The summed E-state index contributed by atoms with van der Waals surface area (Å²) in [5.41, 5.74) is 0. The molecule has 18 heavy (non-hydrogen) atoms. The molecule has 0 aromatic rings. The van der Waals surface area contributed by atoms with Crippen molar-refractivity contribution in [3.63, 3.8) is 0 Å². The van der Waals surface area contributed by atoms with E-state index in [-0.39, 0.29) is 25.4 Å². The molecule has 0 aromatic heterocycles. The van der Waals surface area contributed by atoms with E-state index in [1.807, 2.05) is 0 Å². The van der Waals surface area contributed by atoms with Crippen LogP contribution in [0.3, 0.4) is 0 Å². The van der Waals surface area contributed by atoms with Crippen LogP contribution in [0.25, 0.3) is 0 Å². The summed E-state index contributed by atoms with van der Waals surface area (Å²) < 4.78 is 15.7. The second-order valence-corrected chi connectivity index (χ2v) is 6.79. The summed E-state index contributed by atoms with van der Waals surface area (Å²) >= 11 is 0. The number of hydroxylamine groups is 2. The van der Waals surface area contributed by atoms with Gasteiger partial charge in [0.2, 0.25) is 13.2 Å². The van der Waals surface area contributed by atoms with Gasteiger partial charge in [0.15, 0.2) is 7.37 Å². The molecule has 7 nitrogen and oxygen atoms in total. The van der Waals surface area contributed by atoms with Crippen LogP contribution < -0.4 is 0 Å². The summed E-state index contributed by atoms with van der Waals surface area (Å²) in [6.07, 6.45) is 0.870. The van der Waals surface area contributed by atoms with Gasteiger partial charge in [-0.05, 0) is 6.42 Å². The van der Waals surface area contributed by atoms with Gasteiger partial charge in [-0.1, -0.05) is 13.8 Å². The maximum absolute atomic E-state index is 11.1. The predicted molar refractivity (Wildman–Crippen MR) is 64.9 cm³/mol. The van der Waals surface area contributed by atoms with Crippen molar-refractivity contribution in [2.24, 2.45) is 5.92 Å². The Bertz CT molecular complexity index is 313. The molecule has 0 aliphatic rings. The van der Waals surface area contributed by atoms with Crippen LogP contribution >= 0.6 is 7.37 Å². The van der Waals surface area contributed by atoms with E-state index in [0.717, 1.165) is 5.06 Å². The fourth-order valence-corrected chi connectivity index (χ4v) is 1.71. The molecular formula is C10H20NO6P. The summed E-state index contributed by atoms with van der Waals surface area (Å²) in [5, 5.41) is 0.934. The first-order valence-electron chi connectivity index (χ1n) is 5.57. The van der Waals surface area contributed by atoms with Crippen molar-refractivity contribution >= 4 is 19.7 Å². The van der Waals surface area contributed by atoms with Gasteiger partial charge in [-0.15, -0.1) is 0 Å². The lowest BCUT2D eigenvalue weighted by molar-refractivity contribution is -0.216. The Hall–Kier alpha value is -0.910. The minimum absolute atomic E-state index is 0.104.